The summed E-state index contributed by atoms with van der Waals surface area (Å²) in [5.41, 5.74) is 2.78. The van der Waals surface area contributed by atoms with Crippen LogP contribution in [0.2, 0.25) is 0 Å². The van der Waals surface area contributed by atoms with Crippen LogP contribution in [0.3, 0.4) is 0 Å². The molecular formula is C21H17N5O2S. The number of aromatic nitrogens is 4. The lowest BCUT2D eigenvalue weighted by atomic mass is 10.1. The highest BCUT2D eigenvalue weighted by Gasteiger charge is 2.21. The fraction of sp³-hybridized carbons (Fsp3) is 0.0952. The van der Waals surface area contributed by atoms with Gasteiger partial charge in [-0.15, -0.1) is 0 Å². The average molecular weight is 403 g/mol. The van der Waals surface area contributed by atoms with Crippen LogP contribution < -0.4 is 5.32 Å². The first kappa shape index (κ1) is 18.7. The van der Waals surface area contributed by atoms with Gasteiger partial charge in [-0.1, -0.05) is 47.7 Å². The summed E-state index contributed by atoms with van der Waals surface area (Å²) in [5.74, 6) is 0.113. The lowest BCUT2D eigenvalue weighted by Gasteiger charge is -2.04. The highest BCUT2D eigenvalue weighted by atomic mass is 32.1. The van der Waals surface area contributed by atoms with Crippen LogP contribution in [0.4, 0.5) is 10.9 Å². The second-order valence-electron chi connectivity index (χ2n) is 5.91. The molecule has 7 nitrogen and oxygen atoms in total. The Hall–Kier alpha value is -3.65. The molecule has 0 amide bonds. The standard InChI is InChI=1S/C21H17N5O2S/c1-2-28-20(27)19-18(14-8-4-3-5-9-14)26-21(29-19)25-17-13-22-12-16(24-17)15-10-6-7-11-23-15/h3-13H,2H2,1H3,(H,24,25,26). The van der Waals surface area contributed by atoms with Gasteiger partial charge >= 0.3 is 5.97 Å². The molecule has 0 bridgehead atoms. The van der Waals surface area contributed by atoms with Crippen LogP contribution in [-0.4, -0.2) is 32.5 Å². The van der Waals surface area contributed by atoms with E-state index in [4.69, 9.17) is 4.74 Å². The van der Waals surface area contributed by atoms with E-state index in [1.165, 1.54) is 11.3 Å². The van der Waals surface area contributed by atoms with E-state index in [2.05, 4.69) is 25.3 Å². The Morgan fingerprint density at radius 2 is 1.86 bits per heavy atom. The Balaban J connectivity index is 1.67. The van der Waals surface area contributed by atoms with Gasteiger partial charge in [-0.2, -0.15) is 0 Å². The number of benzene rings is 1. The lowest BCUT2D eigenvalue weighted by molar-refractivity contribution is 0.0532. The third-order valence-electron chi connectivity index (χ3n) is 3.93. The quantitative estimate of drug-likeness (QED) is 0.471. The molecule has 144 valence electrons. The van der Waals surface area contributed by atoms with Crippen molar-refractivity contribution in [2.45, 2.75) is 6.92 Å². The van der Waals surface area contributed by atoms with Gasteiger partial charge in [0.05, 0.1) is 30.4 Å². The summed E-state index contributed by atoms with van der Waals surface area (Å²) in [6.45, 7) is 2.07. The molecule has 0 radical (unpaired) electrons. The number of pyridine rings is 1. The van der Waals surface area contributed by atoms with Crippen LogP contribution in [0.1, 0.15) is 16.6 Å². The third-order valence-corrected chi connectivity index (χ3v) is 4.88. The summed E-state index contributed by atoms with van der Waals surface area (Å²) in [6, 6.07) is 15.1. The topological polar surface area (TPSA) is 89.9 Å². The summed E-state index contributed by atoms with van der Waals surface area (Å²) < 4.78 is 5.20. The summed E-state index contributed by atoms with van der Waals surface area (Å²) in [5, 5.41) is 3.67. The van der Waals surface area contributed by atoms with Crippen molar-refractivity contribution in [3.8, 4) is 22.6 Å². The van der Waals surface area contributed by atoms with Gasteiger partial charge < -0.3 is 10.1 Å². The number of carbonyl (C=O) groups is 1. The number of nitrogens with zero attached hydrogens (tertiary/aromatic N) is 4. The molecule has 0 aliphatic carbocycles. The molecule has 0 aliphatic rings. The van der Waals surface area contributed by atoms with Gasteiger partial charge in [0.25, 0.3) is 0 Å². The van der Waals surface area contributed by atoms with E-state index in [0.29, 0.717) is 33.8 Å². The van der Waals surface area contributed by atoms with E-state index in [1.807, 2.05) is 48.5 Å². The van der Waals surface area contributed by atoms with Crippen molar-refractivity contribution in [2.24, 2.45) is 0 Å². The van der Waals surface area contributed by atoms with E-state index in [-0.39, 0.29) is 0 Å². The van der Waals surface area contributed by atoms with Gasteiger partial charge in [0.15, 0.2) is 10.9 Å². The van der Waals surface area contributed by atoms with E-state index in [0.717, 1.165) is 11.3 Å². The minimum Gasteiger partial charge on any atom is -0.462 e. The first-order chi connectivity index (χ1) is 14.2. The molecule has 0 unspecified atom stereocenters. The largest absolute Gasteiger partial charge is 0.462 e. The average Bonchev–Trinajstić information content (AvgIpc) is 3.19. The number of esters is 1. The molecule has 1 aromatic carbocycles. The van der Waals surface area contributed by atoms with Crippen LogP contribution in [0.5, 0.6) is 0 Å². The van der Waals surface area contributed by atoms with E-state index in [1.54, 1.807) is 25.5 Å². The van der Waals surface area contributed by atoms with Gasteiger partial charge in [-0.3, -0.25) is 9.97 Å². The Morgan fingerprint density at radius 3 is 2.62 bits per heavy atom. The second-order valence-corrected chi connectivity index (χ2v) is 6.91. The Kier molecular flexibility index (Phi) is 5.53. The number of hydrogen-bond donors (Lipinski definition) is 1. The maximum atomic E-state index is 12.4. The van der Waals surface area contributed by atoms with Crippen LogP contribution in [0, 0.1) is 0 Å². The minimum atomic E-state index is -0.398. The zero-order valence-corrected chi connectivity index (χ0v) is 16.4. The maximum Gasteiger partial charge on any atom is 0.350 e. The van der Waals surface area contributed by atoms with Crippen molar-refractivity contribution in [3.05, 3.63) is 72.0 Å². The molecule has 0 atom stereocenters. The van der Waals surface area contributed by atoms with E-state index >= 15 is 0 Å². The van der Waals surface area contributed by atoms with Crippen LogP contribution >= 0.6 is 11.3 Å². The summed E-state index contributed by atoms with van der Waals surface area (Å²) >= 11 is 1.22. The number of thiazole rings is 1. The van der Waals surface area contributed by atoms with Crippen molar-refractivity contribution in [1.82, 2.24) is 19.9 Å². The molecular weight excluding hydrogens is 386 g/mol. The summed E-state index contributed by atoms with van der Waals surface area (Å²) in [7, 11) is 0. The first-order valence-electron chi connectivity index (χ1n) is 8.98. The molecule has 3 heterocycles. The molecule has 0 saturated carbocycles. The first-order valence-corrected chi connectivity index (χ1v) is 9.80. The molecule has 0 saturated heterocycles. The molecule has 3 aromatic heterocycles. The highest BCUT2D eigenvalue weighted by Crippen LogP contribution is 2.33. The number of carbonyl (C=O) groups excluding carboxylic acids is 1. The second kappa shape index (κ2) is 8.57. The molecule has 29 heavy (non-hydrogen) atoms. The predicted molar refractivity (Wildman–Crippen MR) is 112 cm³/mol. The Labute approximate surface area is 171 Å². The van der Waals surface area contributed by atoms with Crippen molar-refractivity contribution in [1.29, 1.82) is 0 Å². The summed E-state index contributed by atoms with van der Waals surface area (Å²) in [6.07, 6.45) is 4.95. The fourth-order valence-corrected chi connectivity index (χ4v) is 3.56. The number of rotatable bonds is 6. The molecule has 0 aliphatic heterocycles. The molecule has 0 fully saturated rings. The number of anilines is 2. The van der Waals surface area contributed by atoms with Gasteiger partial charge in [-0.05, 0) is 19.1 Å². The maximum absolute atomic E-state index is 12.4. The van der Waals surface area contributed by atoms with E-state index < -0.39 is 5.97 Å². The van der Waals surface area contributed by atoms with Gasteiger partial charge in [-0.25, -0.2) is 14.8 Å². The number of nitrogens with one attached hydrogen (secondary N) is 1. The SMILES string of the molecule is CCOC(=O)c1sc(Nc2cncc(-c3ccccn3)n2)nc1-c1ccccc1. The summed E-state index contributed by atoms with van der Waals surface area (Å²) in [4.78, 5) is 30.5. The lowest BCUT2D eigenvalue weighted by Crippen LogP contribution is -2.03. The van der Waals surface area contributed by atoms with Crippen LogP contribution in [-0.2, 0) is 4.74 Å². The van der Waals surface area contributed by atoms with Crippen molar-refractivity contribution < 1.29 is 9.53 Å². The van der Waals surface area contributed by atoms with Crippen LogP contribution in [0.25, 0.3) is 22.6 Å². The fourth-order valence-electron chi connectivity index (χ4n) is 2.67. The van der Waals surface area contributed by atoms with Crippen molar-refractivity contribution >= 4 is 28.3 Å². The smallest absolute Gasteiger partial charge is 0.350 e. The van der Waals surface area contributed by atoms with Crippen molar-refractivity contribution in [3.63, 3.8) is 0 Å². The Morgan fingerprint density at radius 1 is 1.03 bits per heavy atom. The Bertz CT molecular complexity index is 1120. The molecule has 4 aromatic rings. The third kappa shape index (κ3) is 4.27. The number of hydrogen-bond acceptors (Lipinski definition) is 8. The zero-order chi connectivity index (χ0) is 20.1. The molecule has 4 rings (SSSR count). The molecule has 1 N–H and O–H groups in total. The molecule has 8 heteroatoms. The molecule has 0 spiro atoms. The highest BCUT2D eigenvalue weighted by molar-refractivity contribution is 7.18. The number of ether oxygens (including phenoxy) is 1. The van der Waals surface area contributed by atoms with Crippen LogP contribution in [0.15, 0.2) is 67.1 Å². The van der Waals surface area contributed by atoms with Gasteiger partial charge in [0, 0.05) is 11.8 Å². The minimum absolute atomic E-state index is 0.297. The monoisotopic (exact) mass is 403 g/mol. The van der Waals surface area contributed by atoms with E-state index in [9.17, 15) is 4.79 Å². The normalized spacial score (nSPS) is 10.5. The van der Waals surface area contributed by atoms with Gasteiger partial charge in [0.1, 0.15) is 10.6 Å². The van der Waals surface area contributed by atoms with Gasteiger partial charge in [0.2, 0.25) is 0 Å². The zero-order valence-electron chi connectivity index (χ0n) is 15.6. The van der Waals surface area contributed by atoms with Crippen molar-refractivity contribution in [2.75, 3.05) is 11.9 Å². The predicted octanol–water partition coefficient (Wildman–Crippen LogP) is 4.58.